The second-order valence-electron chi connectivity index (χ2n) is 6.31. The van der Waals surface area contributed by atoms with Crippen molar-refractivity contribution in [1.82, 2.24) is 20.6 Å². The molecule has 0 radical (unpaired) electrons. The number of nitrogens with zero attached hydrogens (tertiary/aromatic N) is 2. The van der Waals surface area contributed by atoms with E-state index in [-0.39, 0.29) is 11.6 Å². The molecule has 0 atom stereocenters. The van der Waals surface area contributed by atoms with Crippen molar-refractivity contribution in [2.45, 2.75) is 39.3 Å². The van der Waals surface area contributed by atoms with Crippen molar-refractivity contribution < 1.29 is 18.7 Å². The number of pyridine rings is 1. The van der Waals surface area contributed by atoms with Crippen LogP contribution in [0, 0.1) is 0 Å². The summed E-state index contributed by atoms with van der Waals surface area (Å²) in [6.07, 6.45) is 2.80. The van der Waals surface area contributed by atoms with Gasteiger partial charge in [0.05, 0.1) is 12.2 Å². The molecule has 2 aromatic rings. The minimum atomic E-state index is -0.550. The molecule has 0 unspecified atom stereocenters. The highest BCUT2D eigenvalue weighted by Crippen LogP contribution is 2.07. The SMILES string of the molecule is CC(C)(C)OC(=O)NCCc1nc(C(=O)NCc2ccccn2)co1. The van der Waals surface area contributed by atoms with Gasteiger partial charge < -0.3 is 19.8 Å². The van der Waals surface area contributed by atoms with Crippen molar-refractivity contribution in [3.8, 4) is 0 Å². The van der Waals surface area contributed by atoms with Crippen LogP contribution in [0.3, 0.4) is 0 Å². The van der Waals surface area contributed by atoms with Crippen LogP contribution >= 0.6 is 0 Å². The van der Waals surface area contributed by atoms with Gasteiger partial charge in [-0.1, -0.05) is 6.07 Å². The zero-order chi connectivity index (χ0) is 18.3. The van der Waals surface area contributed by atoms with Gasteiger partial charge in [0.25, 0.3) is 5.91 Å². The van der Waals surface area contributed by atoms with Crippen LogP contribution in [0.1, 0.15) is 42.8 Å². The number of hydrogen-bond donors (Lipinski definition) is 2. The molecule has 2 aromatic heterocycles. The first-order valence-corrected chi connectivity index (χ1v) is 7.93. The van der Waals surface area contributed by atoms with E-state index in [4.69, 9.17) is 9.15 Å². The van der Waals surface area contributed by atoms with Crippen molar-refractivity contribution in [3.63, 3.8) is 0 Å². The summed E-state index contributed by atoms with van der Waals surface area (Å²) in [4.78, 5) is 31.8. The fourth-order valence-electron chi connectivity index (χ4n) is 1.88. The zero-order valence-corrected chi connectivity index (χ0v) is 14.5. The molecule has 2 N–H and O–H groups in total. The Morgan fingerprint density at radius 3 is 2.72 bits per heavy atom. The van der Waals surface area contributed by atoms with Crippen molar-refractivity contribution in [2.24, 2.45) is 0 Å². The number of carbonyl (C=O) groups is 2. The number of ether oxygens (including phenoxy) is 1. The largest absolute Gasteiger partial charge is 0.448 e. The van der Waals surface area contributed by atoms with Crippen molar-refractivity contribution in [3.05, 3.63) is 47.9 Å². The normalized spacial score (nSPS) is 11.0. The summed E-state index contributed by atoms with van der Waals surface area (Å²) in [7, 11) is 0. The molecule has 0 aliphatic carbocycles. The molecule has 25 heavy (non-hydrogen) atoms. The quantitative estimate of drug-likeness (QED) is 0.829. The van der Waals surface area contributed by atoms with E-state index >= 15 is 0 Å². The molecular formula is C17H22N4O4. The number of amides is 2. The first-order chi connectivity index (χ1) is 11.8. The van der Waals surface area contributed by atoms with Gasteiger partial charge >= 0.3 is 6.09 Å². The highest BCUT2D eigenvalue weighted by atomic mass is 16.6. The third-order valence-corrected chi connectivity index (χ3v) is 2.95. The predicted molar refractivity (Wildman–Crippen MR) is 89.9 cm³/mol. The lowest BCUT2D eigenvalue weighted by Gasteiger charge is -2.19. The van der Waals surface area contributed by atoms with E-state index in [0.29, 0.717) is 25.4 Å². The molecule has 0 aliphatic heterocycles. The lowest BCUT2D eigenvalue weighted by atomic mass is 10.2. The van der Waals surface area contributed by atoms with Crippen LogP contribution in [0.5, 0.6) is 0 Å². The average Bonchev–Trinajstić information content (AvgIpc) is 3.01. The maximum Gasteiger partial charge on any atom is 0.407 e. The maximum atomic E-state index is 12.0. The van der Waals surface area contributed by atoms with Crippen molar-refractivity contribution in [1.29, 1.82) is 0 Å². The summed E-state index contributed by atoms with van der Waals surface area (Å²) in [5.74, 6) is 0.0137. The third-order valence-electron chi connectivity index (χ3n) is 2.95. The number of aromatic nitrogens is 2. The number of carbonyl (C=O) groups excluding carboxylic acids is 2. The molecule has 0 bridgehead atoms. The van der Waals surface area contributed by atoms with Crippen LogP contribution in [0.4, 0.5) is 4.79 Å². The molecule has 0 spiro atoms. The Balaban J connectivity index is 1.75. The van der Waals surface area contributed by atoms with Gasteiger partial charge in [0, 0.05) is 19.2 Å². The Labute approximate surface area is 146 Å². The summed E-state index contributed by atoms with van der Waals surface area (Å²) in [5, 5.41) is 5.32. The Morgan fingerprint density at radius 2 is 2.04 bits per heavy atom. The van der Waals surface area contributed by atoms with Gasteiger partial charge in [-0.2, -0.15) is 0 Å². The predicted octanol–water partition coefficient (Wildman–Crippen LogP) is 2.07. The van der Waals surface area contributed by atoms with Crippen LogP contribution < -0.4 is 10.6 Å². The van der Waals surface area contributed by atoms with Crippen LogP contribution in [0.15, 0.2) is 35.1 Å². The van der Waals surface area contributed by atoms with E-state index in [1.165, 1.54) is 6.26 Å². The standard InChI is InChI=1S/C17H22N4O4/c1-17(2,3)25-16(23)19-9-7-14-21-13(11-24-14)15(22)20-10-12-6-4-5-8-18-12/h4-6,8,11H,7,9-10H2,1-3H3,(H,19,23)(H,20,22). The first-order valence-electron chi connectivity index (χ1n) is 7.93. The summed E-state index contributed by atoms with van der Waals surface area (Å²) >= 11 is 0. The van der Waals surface area contributed by atoms with Gasteiger partial charge in [0.1, 0.15) is 11.9 Å². The Kier molecular flexibility index (Phi) is 6.10. The summed E-state index contributed by atoms with van der Waals surface area (Å²) in [6, 6.07) is 5.47. The molecule has 2 rings (SSSR count). The second-order valence-corrected chi connectivity index (χ2v) is 6.31. The molecule has 2 amide bonds. The van der Waals surface area contributed by atoms with Gasteiger partial charge in [-0.3, -0.25) is 9.78 Å². The van der Waals surface area contributed by atoms with Crippen LogP contribution in [-0.4, -0.2) is 34.1 Å². The fourth-order valence-corrected chi connectivity index (χ4v) is 1.88. The molecule has 0 saturated carbocycles. The van der Waals surface area contributed by atoms with Crippen LogP contribution in [-0.2, 0) is 17.7 Å². The minimum Gasteiger partial charge on any atom is -0.448 e. The van der Waals surface area contributed by atoms with E-state index in [1.54, 1.807) is 33.0 Å². The van der Waals surface area contributed by atoms with E-state index in [2.05, 4.69) is 20.6 Å². The lowest BCUT2D eigenvalue weighted by Crippen LogP contribution is -2.33. The number of oxazole rings is 1. The molecule has 2 heterocycles. The molecule has 0 fully saturated rings. The number of alkyl carbamates (subject to hydrolysis) is 1. The first kappa shape index (κ1) is 18.4. The average molecular weight is 346 g/mol. The topological polar surface area (TPSA) is 106 Å². The maximum absolute atomic E-state index is 12.0. The number of nitrogens with one attached hydrogen (secondary N) is 2. The second kappa shape index (κ2) is 8.27. The summed E-state index contributed by atoms with van der Waals surface area (Å²) < 4.78 is 10.4. The van der Waals surface area contributed by atoms with Gasteiger partial charge in [0.15, 0.2) is 11.6 Å². The number of rotatable bonds is 6. The molecule has 8 heteroatoms. The van der Waals surface area contributed by atoms with Gasteiger partial charge in [-0.05, 0) is 32.9 Å². The highest BCUT2D eigenvalue weighted by molar-refractivity contribution is 5.91. The number of hydrogen-bond acceptors (Lipinski definition) is 6. The lowest BCUT2D eigenvalue weighted by molar-refractivity contribution is 0.0527. The molecule has 0 saturated heterocycles. The van der Waals surface area contributed by atoms with Crippen LogP contribution in [0.2, 0.25) is 0 Å². The van der Waals surface area contributed by atoms with Crippen molar-refractivity contribution >= 4 is 12.0 Å². The van der Waals surface area contributed by atoms with Crippen molar-refractivity contribution in [2.75, 3.05) is 6.54 Å². The third kappa shape index (κ3) is 6.62. The molecular weight excluding hydrogens is 324 g/mol. The van der Waals surface area contributed by atoms with E-state index in [1.807, 2.05) is 12.1 Å². The fraction of sp³-hybridized carbons (Fsp3) is 0.412. The van der Waals surface area contributed by atoms with Gasteiger partial charge in [-0.15, -0.1) is 0 Å². The van der Waals surface area contributed by atoms with E-state index < -0.39 is 11.7 Å². The summed E-state index contributed by atoms with van der Waals surface area (Å²) in [6.45, 7) is 5.97. The van der Waals surface area contributed by atoms with E-state index in [9.17, 15) is 9.59 Å². The monoisotopic (exact) mass is 346 g/mol. The highest BCUT2D eigenvalue weighted by Gasteiger charge is 2.16. The molecule has 0 aliphatic rings. The minimum absolute atomic E-state index is 0.184. The molecule has 134 valence electrons. The Bertz CT molecular complexity index is 707. The van der Waals surface area contributed by atoms with E-state index in [0.717, 1.165) is 5.69 Å². The van der Waals surface area contributed by atoms with Gasteiger partial charge in [-0.25, -0.2) is 9.78 Å². The Hall–Kier alpha value is -2.90. The Morgan fingerprint density at radius 1 is 1.24 bits per heavy atom. The van der Waals surface area contributed by atoms with Gasteiger partial charge in [0.2, 0.25) is 0 Å². The molecule has 8 nitrogen and oxygen atoms in total. The van der Waals surface area contributed by atoms with Crippen LogP contribution in [0.25, 0.3) is 0 Å². The molecule has 0 aromatic carbocycles. The smallest absolute Gasteiger partial charge is 0.407 e. The zero-order valence-electron chi connectivity index (χ0n) is 14.5. The summed E-state index contributed by atoms with van der Waals surface area (Å²) in [5.41, 5.74) is 0.385.